The van der Waals surface area contributed by atoms with E-state index in [0.717, 1.165) is 47.9 Å². The van der Waals surface area contributed by atoms with E-state index in [0.29, 0.717) is 5.92 Å². The number of ether oxygens (including phenoxy) is 1. The molecular weight excluding hydrogens is 328 g/mol. The molecule has 2 heterocycles. The first-order valence-corrected chi connectivity index (χ1v) is 9.18. The predicted molar refractivity (Wildman–Crippen MR) is 102 cm³/mol. The van der Waals surface area contributed by atoms with Crippen LogP contribution in [-0.4, -0.2) is 40.9 Å². The van der Waals surface area contributed by atoms with Crippen molar-refractivity contribution in [3.05, 3.63) is 41.2 Å². The van der Waals surface area contributed by atoms with Gasteiger partial charge >= 0.3 is 0 Å². The van der Waals surface area contributed by atoms with Crippen LogP contribution in [0.2, 0.25) is 0 Å². The van der Waals surface area contributed by atoms with Gasteiger partial charge in [-0.15, -0.1) is 0 Å². The Morgan fingerprint density at radius 2 is 2.04 bits per heavy atom. The summed E-state index contributed by atoms with van der Waals surface area (Å²) in [5.74, 6) is 1.25. The molecule has 1 aliphatic rings. The maximum absolute atomic E-state index is 13.0. The van der Waals surface area contributed by atoms with Gasteiger partial charge in [0.25, 0.3) is 5.91 Å². The summed E-state index contributed by atoms with van der Waals surface area (Å²) >= 11 is 0. The molecule has 2 aromatic rings. The second kappa shape index (κ2) is 7.40. The molecule has 1 amide bonds. The number of carbonyl (C=O) groups is 1. The van der Waals surface area contributed by atoms with Gasteiger partial charge in [0.1, 0.15) is 12.3 Å². The van der Waals surface area contributed by atoms with Gasteiger partial charge in [0.05, 0.1) is 18.5 Å². The number of rotatable bonds is 5. The zero-order valence-corrected chi connectivity index (χ0v) is 16.3. The molecule has 0 unspecified atom stereocenters. The molecule has 0 radical (unpaired) electrons. The summed E-state index contributed by atoms with van der Waals surface area (Å²) in [6.45, 7) is 10.1. The van der Waals surface area contributed by atoms with Gasteiger partial charge in [-0.25, -0.2) is 0 Å². The van der Waals surface area contributed by atoms with E-state index >= 15 is 0 Å². The van der Waals surface area contributed by atoms with E-state index in [2.05, 4.69) is 30.0 Å². The summed E-state index contributed by atoms with van der Waals surface area (Å²) in [7, 11) is 1.67. The molecule has 3 rings (SSSR count). The lowest BCUT2D eigenvalue weighted by Crippen LogP contribution is -2.43. The summed E-state index contributed by atoms with van der Waals surface area (Å²) in [6, 6.07) is 8.02. The van der Waals surface area contributed by atoms with Crippen molar-refractivity contribution in [1.29, 1.82) is 0 Å². The molecule has 6 heteroatoms. The summed E-state index contributed by atoms with van der Waals surface area (Å²) < 4.78 is 7.25. The third-order valence-corrected chi connectivity index (χ3v) is 4.95. The summed E-state index contributed by atoms with van der Waals surface area (Å²) in [5, 5.41) is 8.51. The highest BCUT2D eigenvalue weighted by molar-refractivity contribution is 5.79. The van der Waals surface area contributed by atoms with Crippen LogP contribution in [0.15, 0.2) is 24.3 Å². The van der Waals surface area contributed by atoms with E-state index in [9.17, 15) is 4.79 Å². The van der Waals surface area contributed by atoms with Crippen molar-refractivity contribution >= 4 is 11.6 Å². The lowest BCUT2D eigenvalue weighted by Gasteiger charge is -2.31. The number of hydrogen-bond donors (Lipinski definition) is 0. The van der Waals surface area contributed by atoms with Crippen molar-refractivity contribution in [1.82, 2.24) is 14.8 Å². The standard InChI is InChI=1S/C20H28N4O2/c1-14(2)17-12-15(3)22(21-17)13-20(25)24-11-7-10-23(24)18-8-6-9-19(26-5)16(18)4/h6,8-9,12,14H,7,10-11,13H2,1-5H3. The maximum atomic E-state index is 13.0. The number of hydrogen-bond acceptors (Lipinski definition) is 4. The monoisotopic (exact) mass is 356 g/mol. The van der Waals surface area contributed by atoms with E-state index in [1.807, 2.05) is 41.7 Å². The Morgan fingerprint density at radius 3 is 2.69 bits per heavy atom. The third-order valence-electron chi connectivity index (χ3n) is 4.95. The van der Waals surface area contributed by atoms with Crippen LogP contribution in [0.4, 0.5) is 5.69 Å². The van der Waals surface area contributed by atoms with Gasteiger partial charge in [0.2, 0.25) is 0 Å². The Morgan fingerprint density at radius 1 is 1.27 bits per heavy atom. The van der Waals surface area contributed by atoms with Crippen molar-refractivity contribution in [2.75, 3.05) is 25.2 Å². The van der Waals surface area contributed by atoms with Crippen molar-refractivity contribution < 1.29 is 9.53 Å². The Bertz CT molecular complexity index is 797. The minimum atomic E-state index is 0.0613. The minimum absolute atomic E-state index is 0.0613. The zero-order valence-electron chi connectivity index (χ0n) is 16.3. The lowest BCUT2D eigenvalue weighted by molar-refractivity contribution is -0.131. The molecule has 1 fully saturated rings. The number of carbonyl (C=O) groups excluding carboxylic acids is 1. The number of aryl methyl sites for hydroxylation is 1. The van der Waals surface area contributed by atoms with Crippen LogP contribution in [-0.2, 0) is 11.3 Å². The molecule has 0 saturated carbocycles. The number of nitrogens with zero attached hydrogens (tertiary/aromatic N) is 4. The van der Waals surface area contributed by atoms with Crippen molar-refractivity contribution in [3.63, 3.8) is 0 Å². The molecule has 1 aliphatic heterocycles. The van der Waals surface area contributed by atoms with Gasteiger partial charge < -0.3 is 4.74 Å². The molecule has 26 heavy (non-hydrogen) atoms. The van der Waals surface area contributed by atoms with Crippen molar-refractivity contribution in [2.45, 2.75) is 46.6 Å². The van der Waals surface area contributed by atoms with Crippen LogP contribution >= 0.6 is 0 Å². The fourth-order valence-corrected chi connectivity index (χ4v) is 3.41. The van der Waals surface area contributed by atoms with Gasteiger partial charge in [0.15, 0.2) is 0 Å². The summed E-state index contributed by atoms with van der Waals surface area (Å²) in [6.07, 6.45) is 0.956. The Balaban J connectivity index is 1.81. The van der Waals surface area contributed by atoms with Crippen molar-refractivity contribution in [2.24, 2.45) is 0 Å². The Kier molecular flexibility index (Phi) is 5.20. The number of aromatic nitrogens is 2. The van der Waals surface area contributed by atoms with E-state index in [1.165, 1.54) is 0 Å². The molecule has 140 valence electrons. The van der Waals surface area contributed by atoms with Gasteiger partial charge in [-0.05, 0) is 44.4 Å². The number of amides is 1. The van der Waals surface area contributed by atoms with E-state index in [-0.39, 0.29) is 12.5 Å². The van der Waals surface area contributed by atoms with E-state index in [4.69, 9.17) is 4.74 Å². The van der Waals surface area contributed by atoms with Crippen LogP contribution < -0.4 is 9.75 Å². The maximum Gasteiger partial charge on any atom is 0.262 e. The predicted octanol–water partition coefficient (Wildman–Crippen LogP) is 3.29. The topological polar surface area (TPSA) is 50.6 Å². The van der Waals surface area contributed by atoms with Crippen LogP contribution in [0.1, 0.15) is 43.1 Å². The first kappa shape index (κ1) is 18.3. The summed E-state index contributed by atoms with van der Waals surface area (Å²) in [5.41, 5.74) is 4.12. The molecule has 1 saturated heterocycles. The number of methoxy groups -OCH3 is 1. The van der Waals surface area contributed by atoms with Gasteiger partial charge in [-0.1, -0.05) is 19.9 Å². The second-order valence-electron chi connectivity index (χ2n) is 7.12. The fourth-order valence-electron chi connectivity index (χ4n) is 3.41. The quantitative estimate of drug-likeness (QED) is 0.825. The van der Waals surface area contributed by atoms with Crippen LogP contribution in [0, 0.1) is 13.8 Å². The summed E-state index contributed by atoms with van der Waals surface area (Å²) in [4.78, 5) is 13.0. The van der Waals surface area contributed by atoms with Crippen LogP contribution in [0.25, 0.3) is 0 Å². The first-order valence-electron chi connectivity index (χ1n) is 9.18. The highest BCUT2D eigenvalue weighted by Crippen LogP contribution is 2.31. The highest BCUT2D eigenvalue weighted by Gasteiger charge is 2.29. The van der Waals surface area contributed by atoms with Crippen molar-refractivity contribution in [3.8, 4) is 5.75 Å². The normalized spacial score (nSPS) is 14.4. The van der Waals surface area contributed by atoms with Gasteiger partial charge in [-0.2, -0.15) is 5.10 Å². The zero-order chi connectivity index (χ0) is 18.8. The average molecular weight is 356 g/mol. The molecule has 6 nitrogen and oxygen atoms in total. The average Bonchev–Trinajstić information content (AvgIpc) is 3.22. The fraction of sp³-hybridized carbons (Fsp3) is 0.500. The first-order chi connectivity index (χ1) is 12.4. The smallest absolute Gasteiger partial charge is 0.262 e. The van der Waals surface area contributed by atoms with Gasteiger partial charge in [-0.3, -0.25) is 19.5 Å². The number of anilines is 1. The molecule has 1 aromatic heterocycles. The Labute approximate surface area is 155 Å². The molecule has 0 spiro atoms. The van der Waals surface area contributed by atoms with Crippen LogP contribution in [0.3, 0.4) is 0 Å². The molecular formula is C20H28N4O2. The molecule has 1 aromatic carbocycles. The van der Waals surface area contributed by atoms with Gasteiger partial charge in [0, 0.05) is 24.3 Å². The minimum Gasteiger partial charge on any atom is -0.496 e. The highest BCUT2D eigenvalue weighted by atomic mass is 16.5. The Hall–Kier alpha value is -2.50. The molecule has 0 atom stereocenters. The lowest BCUT2D eigenvalue weighted by atomic mass is 10.1. The van der Waals surface area contributed by atoms with E-state index in [1.54, 1.807) is 7.11 Å². The molecule has 0 aliphatic carbocycles. The van der Waals surface area contributed by atoms with E-state index < -0.39 is 0 Å². The number of benzene rings is 1. The third kappa shape index (κ3) is 3.41. The SMILES string of the molecule is COc1cccc(N2CCCN2C(=O)Cn2nc(C(C)C)cc2C)c1C. The second-order valence-corrected chi connectivity index (χ2v) is 7.12. The molecule has 0 N–H and O–H groups in total. The number of hydrazine groups is 1. The largest absolute Gasteiger partial charge is 0.496 e. The molecule has 0 bridgehead atoms. The van der Waals surface area contributed by atoms with Crippen LogP contribution in [0.5, 0.6) is 5.75 Å².